The Hall–Kier alpha value is -7.56. The van der Waals surface area contributed by atoms with Crippen LogP contribution in [0.4, 0.5) is 51.2 Å². The van der Waals surface area contributed by atoms with Crippen molar-refractivity contribution in [3.05, 3.63) is 227 Å². The molecular formula is C79H84BN3. The summed E-state index contributed by atoms with van der Waals surface area (Å²) in [7, 11) is 0. The van der Waals surface area contributed by atoms with Crippen LogP contribution in [0.15, 0.2) is 188 Å². The summed E-state index contributed by atoms with van der Waals surface area (Å²) in [4.78, 5) is 7.86. The second-order valence-corrected chi connectivity index (χ2v) is 29.6. The van der Waals surface area contributed by atoms with E-state index in [1.807, 2.05) is 0 Å². The van der Waals surface area contributed by atoms with Crippen molar-refractivity contribution >= 4 is 74.3 Å². The molecule has 0 fully saturated rings. The Kier molecular flexibility index (Phi) is 12.7. The molecule has 0 spiro atoms. The summed E-state index contributed by atoms with van der Waals surface area (Å²) in [6, 6.07) is 72.9. The number of para-hydroxylation sites is 2. The zero-order valence-corrected chi connectivity index (χ0v) is 52.1. The van der Waals surface area contributed by atoms with Crippen LogP contribution in [-0.2, 0) is 32.5 Å². The van der Waals surface area contributed by atoms with E-state index in [0.717, 1.165) is 29.9 Å². The molecule has 3 nitrogen and oxygen atoms in total. The first kappa shape index (κ1) is 54.7. The van der Waals surface area contributed by atoms with E-state index in [4.69, 9.17) is 0 Å². The number of rotatable bonds is 7. The third-order valence-corrected chi connectivity index (χ3v) is 20.0. The maximum Gasteiger partial charge on any atom is 0.252 e. The largest absolute Gasteiger partial charge is 0.311 e. The van der Waals surface area contributed by atoms with Gasteiger partial charge in [-0.05, 0) is 210 Å². The lowest BCUT2D eigenvalue weighted by Crippen LogP contribution is -2.62. The molecule has 2 aliphatic heterocycles. The number of anilines is 9. The van der Waals surface area contributed by atoms with Crippen molar-refractivity contribution in [1.29, 1.82) is 0 Å². The Morgan fingerprint density at radius 2 is 0.867 bits per heavy atom. The molecule has 9 aromatic carbocycles. The molecule has 0 saturated heterocycles. The highest BCUT2D eigenvalue weighted by atomic mass is 15.2. The summed E-state index contributed by atoms with van der Waals surface area (Å²) in [5.41, 5.74) is 29.4. The Labute approximate surface area is 497 Å². The highest BCUT2D eigenvalue weighted by Gasteiger charge is 2.48. The molecule has 4 heteroatoms. The fourth-order valence-electron chi connectivity index (χ4n) is 14.6. The number of hydrogen-bond acceptors (Lipinski definition) is 3. The maximum atomic E-state index is 2.76. The molecule has 0 unspecified atom stereocenters. The molecule has 9 aromatic rings. The van der Waals surface area contributed by atoms with Crippen LogP contribution < -0.4 is 31.1 Å². The average molecular weight is 1090 g/mol. The predicted molar refractivity (Wildman–Crippen MR) is 359 cm³/mol. The van der Waals surface area contributed by atoms with E-state index in [9.17, 15) is 0 Å². The Bertz CT molecular complexity index is 3980. The number of hydrogen-bond donors (Lipinski definition) is 0. The molecule has 0 aromatic heterocycles. The zero-order valence-electron chi connectivity index (χ0n) is 52.1. The van der Waals surface area contributed by atoms with Crippen molar-refractivity contribution in [3.63, 3.8) is 0 Å². The molecule has 0 radical (unpaired) electrons. The molecule has 13 rings (SSSR count). The highest BCUT2D eigenvalue weighted by Crippen LogP contribution is 2.55. The fraction of sp³-hybridized carbons (Fsp3) is 0.316. The summed E-state index contributed by atoms with van der Waals surface area (Å²) in [5, 5.41) is 0. The second kappa shape index (κ2) is 19.2. The van der Waals surface area contributed by atoms with Gasteiger partial charge in [0.1, 0.15) is 0 Å². The van der Waals surface area contributed by atoms with Gasteiger partial charge in [-0.15, -0.1) is 0 Å². The van der Waals surface area contributed by atoms with Crippen LogP contribution >= 0.6 is 0 Å². The predicted octanol–water partition coefficient (Wildman–Crippen LogP) is 20.2. The van der Waals surface area contributed by atoms with Gasteiger partial charge in [-0.2, -0.15) is 0 Å². The normalized spacial score (nSPS) is 17.0. The molecular weight excluding hydrogens is 1000 g/mol. The molecule has 0 saturated carbocycles. The summed E-state index contributed by atoms with van der Waals surface area (Å²) < 4.78 is 0. The van der Waals surface area contributed by atoms with Crippen LogP contribution in [0.5, 0.6) is 0 Å². The van der Waals surface area contributed by atoms with Crippen LogP contribution in [0.1, 0.15) is 162 Å². The van der Waals surface area contributed by atoms with Crippen LogP contribution in [0, 0.1) is 6.92 Å². The SMILES string of the molecule is Cc1ccc(-c2ccccc2)cc1N1c2cc(N(c3ccccc3)c3ccccc3)ccc2B2c3cc4c(cc3N(c3ccc(C(C)(C)C)cc3-c3ccc5c(c3)C(C)(C)CCC5(C)C)c3cc(C(C)(C)C)cc1c32)C(C)(C)CCC4(C)C. The van der Waals surface area contributed by atoms with E-state index < -0.39 is 0 Å². The van der Waals surface area contributed by atoms with E-state index >= 15 is 0 Å². The van der Waals surface area contributed by atoms with Crippen molar-refractivity contribution in [2.45, 2.75) is 162 Å². The summed E-state index contributed by atoms with van der Waals surface area (Å²) in [5.74, 6) is 0. The van der Waals surface area contributed by atoms with Crippen LogP contribution in [0.2, 0.25) is 0 Å². The Balaban J connectivity index is 1.17. The Morgan fingerprint density at radius 3 is 1.45 bits per heavy atom. The van der Waals surface area contributed by atoms with Gasteiger partial charge in [0.2, 0.25) is 0 Å². The highest BCUT2D eigenvalue weighted by molar-refractivity contribution is 7.00. The molecule has 0 atom stereocenters. The third-order valence-electron chi connectivity index (χ3n) is 20.0. The van der Waals surface area contributed by atoms with E-state index in [1.165, 1.54) is 125 Å². The van der Waals surface area contributed by atoms with E-state index in [-0.39, 0.29) is 39.2 Å². The molecule has 0 bridgehead atoms. The van der Waals surface area contributed by atoms with Crippen LogP contribution in [0.25, 0.3) is 22.3 Å². The maximum absolute atomic E-state index is 2.76. The Morgan fingerprint density at radius 1 is 0.361 bits per heavy atom. The van der Waals surface area contributed by atoms with Gasteiger partial charge in [0.05, 0.1) is 5.69 Å². The van der Waals surface area contributed by atoms with Gasteiger partial charge in [0.25, 0.3) is 6.71 Å². The summed E-state index contributed by atoms with van der Waals surface area (Å²) >= 11 is 0. The average Bonchev–Trinajstić information content (AvgIpc) is 0.922. The molecule has 4 aliphatic rings. The number of benzene rings is 9. The van der Waals surface area contributed by atoms with Crippen LogP contribution in [0.3, 0.4) is 0 Å². The standard InChI is InChI=1S/C79H84BN3/c1-51-31-32-53(52-25-19-16-20-26-52)44-68(51)83-69-48-59(81(57-27-21-17-22-28-57)58-29-23-18-24-30-58)35-37-65(69)80-66-49-63-64(79(14,15)42-41-78(63,12)13)50-70(66)82(71-46-56(75(5,6)7)47-72(83)73(71)80)67-38-34-55(74(2,3)4)45-60(67)54-33-36-61-62(43-54)77(10,11)40-39-76(61,8)9/h16-38,43-50H,39-42H2,1-15H3. The third kappa shape index (κ3) is 9.17. The lowest BCUT2D eigenvalue weighted by atomic mass is 9.33. The van der Waals surface area contributed by atoms with Gasteiger partial charge in [-0.3, -0.25) is 0 Å². The first-order valence-electron chi connectivity index (χ1n) is 30.8. The molecule has 2 heterocycles. The minimum Gasteiger partial charge on any atom is -0.311 e. The van der Waals surface area contributed by atoms with Crippen molar-refractivity contribution in [1.82, 2.24) is 0 Å². The number of fused-ring (bicyclic) bond motifs is 6. The lowest BCUT2D eigenvalue weighted by Gasteiger charge is -2.48. The molecule has 0 N–H and O–H groups in total. The monoisotopic (exact) mass is 1090 g/mol. The molecule has 83 heavy (non-hydrogen) atoms. The van der Waals surface area contributed by atoms with Gasteiger partial charge in [-0.1, -0.05) is 212 Å². The van der Waals surface area contributed by atoms with Crippen molar-refractivity contribution < 1.29 is 0 Å². The molecule has 0 amide bonds. The van der Waals surface area contributed by atoms with Crippen molar-refractivity contribution in [3.8, 4) is 22.3 Å². The van der Waals surface area contributed by atoms with E-state index in [0.29, 0.717) is 0 Å². The summed E-state index contributed by atoms with van der Waals surface area (Å²) in [6.45, 7) is 36.4. The van der Waals surface area contributed by atoms with Gasteiger partial charge in [0, 0.05) is 51.1 Å². The van der Waals surface area contributed by atoms with Crippen molar-refractivity contribution in [2.75, 3.05) is 14.7 Å². The lowest BCUT2D eigenvalue weighted by molar-refractivity contribution is 0.332. The van der Waals surface area contributed by atoms with E-state index in [2.05, 4.69) is 307 Å². The van der Waals surface area contributed by atoms with Gasteiger partial charge >= 0.3 is 0 Å². The number of aryl methyl sites for hydroxylation is 1. The van der Waals surface area contributed by atoms with Gasteiger partial charge in [-0.25, -0.2) is 0 Å². The van der Waals surface area contributed by atoms with Gasteiger partial charge in [0.15, 0.2) is 0 Å². The van der Waals surface area contributed by atoms with Crippen molar-refractivity contribution in [2.24, 2.45) is 0 Å². The van der Waals surface area contributed by atoms with E-state index in [1.54, 1.807) is 0 Å². The molecule has 418 valence electrons. The smallest absolute Gasteiger partial charge is 0.252 e. The summed E-state index contributed by atoms with van der Waals surface area (Å²) in [6.07, 6.45) is 4.63. The minimum atomic E-state index is -0.198. The second-order valence-electron chi connectivity index (χ2n) is 29.6. The fourth-order valence-corrected chi connectivity index (χ4v) is 14.6. The number of nitrogens with zero attached hydrogens (tertiary/aromatic N) is 3. The minimum absolute atomic E-state index is 0.0125. The topological polar surface area (TPSA) is 9.72 Å². The zero-order chi connectivity index (χ0) is 58.3. The molecule has 2 aliphatic carbocycles. The van der Waals surface area contributed by atoms with Gasteiger partial charge < -0.3 is 14.7 Å². The first-order valence-corrected chi connectivity index (χ1v) is 30.8. The first-order chi connectivity index (χ1) is 39.3. The van der Waals surface area contributed by atoms with Crippen LogP contribution in [-0.4, -0.2) is 6.71 Å². The quantitative estimate of drug-likeness (QED) is 0.147.